The van der Waals surface area contributed by atoms with Crippen LogP contribution in [0.2, 0.25) is 5.02 Å². The van der Waals surface area contributed by atoms with Crippen LogP contribution >= 0.6 is 34.7 Å². The number of hydrazone groups is 1. The van der Waals surface area contributed by atoms with Crippen LogP contribution < -0.4 is 4.87 Å². The zero-order valence-electron chi connectivity index (χ0n) is 17.6. The Hall–Kier alpha value is -1.90. The van der Waals surface area contributed by atoms with Gasteiger partial charge < -0.3 is 4.98 Å². The molecular formula is C23H22ClN3O3S2. The van der Waals surface area contributed by atoms with E-state index in [-0.39, 0.29) is 56.9 Å². The third-order valence-electron chi connectivity index (χ3n) is 8.13. The van der Waals surface area contributed by atoms with Crippen LogP contribution in [-0.2, 0) is 15.0 Å². The van der Waals surface area contributed by atoms with Crippen molar-refractivity contribution in [1.29, 1.82) is 0 Å². The quantitative estimate of drug-likeness (QED) is 0.521. The van der Waals surface area contributed by atoms with E-state index in [2.05, 4.69) is 23.9 Å². The van der Waals surface area contributed by atoms with Crippen molar-refractivity contribution in [2.45, 2.75) is 42.4 Å². The first-order valence-corrected chi connectivity index (χ1v) is 13.0. The van der Waals surface area contributed by atoms with Gasteiger partial charge in [0.1, 0.15) is 0 Å². The lowest BCUT2D eigenvalue weighted by Crippen LogP contribution is -2.49. The first-order chi connectivity index (χ1) is 15.3. The number of halogens is 1. The Kier molecular flexibility index (Phi) is 4.56. The van der Waals surface area contributed by atoms with Crippen LogP contribution in [0.4, 0.5) is 0 Å². The molecule has 3 fully saturated rings. The highest BCUT2D eigenvalue weighted by molar-refractivity contribution is 8.00. The third-order valence-corrected chi connectivity index (χ3v) is 11.1. The van der Waals surface area contributed by atoms with Crippen molar-refractivity contribution in [2.24, 2.45) is 34.7 Å². The molecule has 1 N–H and O–H groups in total. The molecule has 2 amide bonds. The molecule has 6 rings (SSSR count). The number of fused-ring (bicyclic) bond motifs is 9. The van der Waals surface area contributed by atoms with Crippen molar-refractivity contribution in [3.05, 3.63) is 49.4 Å². The molecule has 1 aromatic heterocycles. The number of aromatic amines is 1. The number of hydrogen-bond donors (Lipinski definition) is 1. The molecule has 1 aromatic carbocycles. The second-order valence-electron chi connectivity index (χ2n) is 9.45. The number of benzene rings is 1. The molecule has 2 bridgehead atoms. The summed E-state index contributed by atoms with van der Waals surface area (Å²) in [6, 6.07) is 7.11. The number of aromatic nitrogens is 1. The number of hydrogen-bond acceptors (Lipinski definition) is 6. The molecule has 32 heavy (non-hydrogen) atoms. The molecule has 7 atom stereocenters. The van der Waals surface area contributed by atoms with Gasteiger partial charge in [0.05, 0.1) is 23.1 Å². The summed E-state index contributed by atoms with van der Waals surface area (Å²) in [5, 5.41) is 7.22. The lowest BCUT2D eigenvalue weighted by molar-refractivity contribution is -0.140. The number of nitrogens with zero attached hydrogens (tertiary/aromatic N) is 2. The number of carbonyl (C=O) groups is 2. The van der Waals surface area contributed by atoms with Gasteiger partial charge in [-0.25, -0.2) is 0 Å². The van der Waals surface area contributed by atoms with Gasteiger partial charge in [0.25, 0.3) is 11.8 Å². The Labute approximate surface area is 198 Å². The fourth-order valence-electron chi connectivity index (χ4n) is 6.66. The average Bonchev–Trinajstić information content (AvgIpc) is 3.50. The molecule has 2 aliphatic heterocycles. The summed E-state index contributed by atoms with van der Waals surface area (Å²) in [5.74, 6) is -0.414. The molecule has 2 aromatic rings. The lowest BCUT2D eigenvalue weighted by atomic mass is 9.62. The van der Waals surface area contributed by atoms with E-state index in [9.17, 15) is 14.4 Å². The zero-order chi connectivity index (χ0) is 22.4. The van der Waals surface area contributed by atoms with E-state index in [1.165, 1.54) is 11.3 Å². The van der Waals surface area contributed by atoms with E-state index in [0.29, 0.717) is 5.02 Å². The third kappa shape index (κ3) is 2.66. The summed E-state index contributed by atoms with van der Waals surface area (Å²) < 4.78 is 0. The van der Waals surface area contributed by atoms with Crippen LogP contribution in [0.3, 0.4) is 0 Å². The van der Waals surface area contributed by atoms with Crippen LogP contribution in [0.25, 0.3) is 0 Å². The maximum Gasteiger partial charge on any atom is 0.305 e. The van der Waals surface area contributed by atoms with Crippen molar-refractivity contribution in [2.75, 3.05) is 0 Å². The van der Waals surface area contributed by atoms with Crippen molar-refractivity contribution in [3.63, 3.8) is 0 Å². The van der Waals surface area contributed by atoms with Gasteiger partial charge in [-0.3, -0.25) is 14.4 Å². The van der Waals surface area contributed by atoms with Crippen molar-refractivity contribution >= 4 is 52.7 Å². The minimum Gasteiger partial charge on any atom is -0.307 e. The van der Waals surface area contributed by atoms with Gasteiger partial charge in [-0.05, 0) is 48.3 Å². The molecule has 9 heteroatoms. The van der Waals surface area contributed by atoms with E-state index >= 15 is 0 Å². The summed E-state index contributed by atoms with van der Waals surface area (Å²) in [4.78, 5) is 43.0. The van der Waals surface area contributed by atoms with Crippen molar-refractivity contribution in [3.8, 4) is 0 Å². The summed E-state index contributed by atoms with van der Waals surface area (Å²) >= 11 is 8.95. The molecule has 0 radical (unpaired) electrons. The number of thioether (sulfide) groups is 1. The summed E-state index contributed by atoms with van der Waals surface area (Å²) in [6.07, 6.45) is 3.35. The maximum absolute atomic E-state index is 13.4. The number of thiazole rings is 1. The molecule has 3 heterocycles. The molecule has 6 nitrogen and oxygen atoms in total. The van der Waals surface area contributed by atoms with Gasteiger partial charge in [0.15, 0.2) is 0 Å². The second-order valence-corrected chi connectivity index (χ2v) is 12.1. The van der Waals surface area contributed by atoms with Crippen LogP contribution in [0, 0.1) is 29.6 Å². The van der Waals surface area contributed by atoms with E-state index in [1.807, 2.05) is 0 Å². The van der Waals surface area contributed by atoms with Crippen LogP contribution in [-0.4, -0.2) is 33.3 Å². The monoisotopic (exact) mass is 487 g/mol. The minimum absolute atomic E-state index is 0.0236. The highest BCUT2D eigenvalue weighted by atomic mass is 35.5. The predicted molar refractivity (Wildman–Crippen MR) is 125 cm³/mol. The van der Waals surface area contributed by atoms with Gasteiger partial charge in [-0.2, -0.15) is 10.1 Å². The highest BCUT2D eigenvalue weighted by Gasteiger charge is 2.71. The topological polar surface area (TPSA) is 82.6 Å². The molecule has 0 unspecified atom stereocenters. The van der Waals surface area contributed by atoms with Crippen LogP contribution in [0.15, 0.2) is 39.2 Å². The number of imide groups is 1. The fraction of sp³-hybridized carbons (Fsp3) is 0.478. The first-order valence-electron chi connectivity index (χ1n) is 10.9. The Morgan fingerprint density at radius 1 is 1.19 bits per heavy atom. The van der Waals surface area contributed by atoms with Crippen LogP contribution in [0.1, 0.15) is 37.1 Å². The van der Waals surface area contributed by atoms with Gasteiger partial charge in [0.2, 0.25) is 0 Å². The lowest BCUT2D eigenvalue weighted by Gasteiger charge is -2.48. The molecule has 2 aliphatic carbocycles. The van der Waals surface area contributed by atoms with E-state index in [4.69, 9.17) is 11.6 Å². The SMILES string of the molecule is CC[C@]1(C)c2sc(=O)[nH]c2S[C@H]2[C@H]3C[C@@H]([C@H]4C(=O)N(/N=C\c5ccc(Cl)cc5)C(=O)[C@@H]34)[C@@H]21. The average molecular weight is 488 g/mol. The largest absolute Gasteiger partial charge is 0.307 e. The van der Waals surface area contributed by atoms with Gasteiger partial charge >= 0.3 is 4.87 Å². The van der Waals surface area contributed by atoms with E-state index in [0.717, 1.165) is 33.3 Å². The highest BCUT2D eigenvalue weighted by Crippen LogP contribution is 2.69. The summed E-state index contributed by atoms with van der Waals surface area (Å²) in [7, 11) is 0. The normalized spacial score (nSPS) is 37.3. The summed E-state index contributed by atoms with van der Waals surface area (Å²) in [6.45, 7) is 4.40. The molecule has 1 saturated heterocycles. The Balaban J connectivity index is 1.34. The number of amides is 2. The van der Waals surface area contributed by atoms with Gasteiger partial charge in [-0.1, -0.05) is 48.9 Å². The van der Waals surface area contributed by atoms with Gasteiger partial charge in [-0.15, -0.1) is 11.8 Å². The Morgan fingerprint density at radius 3 is 2.56 bits per heavy atom. The zero-order valence-corrected chi connectivity index (χ0v) is 20.0. The first kappa shape index (κ1) is 20.7. The summed E-state index contributed by atoms with van der Waals surface area (Å²) in [5.41, 5.74) is 0.620. The molecule has 166 valence electrons. The fourth-order valence-corrected chi connectivity index (χ4v) is 9.99. The molecular weight excluding hydrogens is 466 g/mol. The van der Waals surface area contributed by atoms with E-state index in [1.54, 1.807) is 42.2 Å². The molecule has 2 saturated carbocycles. The maximum atomic E-state index is 13.4. The second kappa shape index (κ2) is 7.05. The number of carbonyl (C=O) groups excluding carboxylic acids is 2. The number of nitrogens with one attached hydrogen (secondary N) is 1. The predicted octanol–water partition coefficient (Wildman–Crippen LogP) is 4.13. The van der Waals surface area contributed by atoms with Gasteiger partial charge in [0, 0.05) is 20.6 Å². The number of H-pyrrole nitrogens is 1. The minimum atomic E-state index is -0.309. The molecule has 4 aliphatic rings. The smallest absolute Gasteiger partial charge is 0.305 e. The van der Waals surface area contributed by atoms with Crippen molar-refractivity contribution in [1.82, 2.24) is 9.99 Å². The molecule has 0 spiro atoms. The Morgan fingerprint density at radius 2 is 1.88 bits per heavy atom. The van der Waals surface area contributed by atoms with Crippen molar-refractivity contribution < 1.29 is 9.59 Å². The standard InChI is InChI=1S/C23H22ClN3O3S2/c1-3-23(2)16-12-8-13(17(16)31-19-18(23)32-22(30)26-19)15-14(12)20(28)27(21(15)29)25-9-10-4-6-11(24)7-5-10/h4-7,9,12-17H,3,8H2,1-2H3,(H,26,30)/b25-9-/t12-,13-,14+,15-,16-,17-,23-/m0/s1. The Bertz CT molecular complexity index is 1220. The van der Waals surface area contributed by atoms with Crippen LogP contribution in [0.5, 0.6) is 0 Å². The van der Waals surface area contributed by atoms with E-state index < -0.39 is 0 Å². The number of rotatable bonds is 3.